The van der Waals surface area contributed by atoms with E-state index in [1.807, 2.05) is 24.7 Å². The van der Waals surface area contributed by atoms with Gasteiger partial charge < -0.3 is 5.32 Å². The Balaban J connectivity index is 2.16. The minimum absolute atomic E-state index is 0.178. The van der Waals surface area contributed by atoms with Gasteiger partial charge in [-0.3, -0.25) is 0 Å². The number of nitrogens with one attached hydrogen (secondary N) is 1. The summed E-state index contributed by atoms with van der Waals surface area (Å²) >= 11 is 1.64. The molecule has 0 aliphatic heterocycles. The molecule has 1 aromatic carbocycles. The molecular formula is C13H15FN2S. The number of hydrogen-bond donors (Lipinski definition) is 1. The molecule has 0 saturated carbocycles. The van der Waals surface area contributed by atoms with Gasteiger partial charge >= 0.3 is 0 Å². The van der Waals surface area contributed by atoms with E-state index in [1.165, 1.54) is 6.07 Å². The summed E-state index contributed by atoms with van der Waals surface area (Å²) in [6, 6.07) is 6.81. The van der Waals surface area contributed by atoms with Crippen molar-refractivity contribution in [1.82, 2.24) is 10.3 Å². The fourth-order valence-electron chi connectivity index (χ4n) is 1.88. The molecule has 1 atom stereocenters. The molecule has 2 nitrogen and oxygen atoms in total. The third kappa shape index (κ3) is 3.35. The van der Waals surface area contributed by atoms with Crippen LogP contribution in [-0.4, -0.2) is 18.6 Å². The van der Waals surface area contributed by atoms with Gasteiger partial charge in [0.15, 0.2) is 0 Å². The molecule has 4 heteroatoms. The van der Waals surface area contributed by atoms with Crippen LogP contribution in [0.4, 0.5) is 4.39 Å². The van der Waals surface area contributed by atoms with Crippen LogP contribution >= 0.6 is 11.3 Å². The fourth-order valence-corrected chi connectivity index (χ4v) is 2.58. The van der Waals surface area contributed by atoms with Crippen molar-refractivity contribution in [2.75, 3.05) is 13.6 Å². The van der Waals surface area contributed by atoms with Crippen molar-refractivity contribution in [3.05, 3.63) is 52.2 Å². The Morgan fingerprint density at radius 2 is 2.35 bits per heavy atom. The summed E-state index contributed by atoms with van der Waals surface area (Å²) in [4.78, 5) is 4.28. The second-order valence-corrected chi connectivity index (χ2v) is 4.92. The fraction of sp³-hybridized carbons (Fsp3) is 0.308. The molecule has 2 aromatic rings. The molecule has 0 aliphatic rings. The minimum Gasteiger partial charge on any atom is -0.319 e. The Kier molecular flexibility index (Phi) is 4.23. The highest BCUT2D eigenvalue weighted by Crippen LogP contribution is 2.22. The zero-order valence-electron chi connectivity index (χ0n) is 9.69. The average molecular weight is 250 g/mol. The maximum atomic E-state index is 13.2. The first-order valence-electron chi connectivity index (χ1n) is 5.58. The second kappa shape index (κ2) is 5.89. The largest absolute Gasteiger partial charge is 0.319 e. The van der Waals surface area contributed by atoms with Gasteiger partial charge in [-0.15, -0.1) is 11.3 Å². The molecule has 1 aromatic heterocycles. The van der Waals surface area contributed by atoms with Crippen LogP contribution in [0.3, 0.4) is 0 Å². The second-order valence-electron chi connectivity index (χ2n) is 3.94. The summed E-state index contributed by atoms with van der Waals surface area (Å²) < 4.78 is 13.2. The lowest BCUT2D eigenvalue weighted by molar-refractivity contribution is 0.600. The van der Waals surface area contributed by atoms with Crippen molar-refractivity contribution in [1.29, 1.82) is 0 Å². The van der Waals surface area contributed by atoms with Gasteiger partial charge in [-0.2, -0.15) is 0 Å². The van der Waals surface area contributed by atoms with E-state index in [0.717, 1.165) is 23.5 Å². The summed E-state index contributed by atoms with van der Waals surface area (Å²) in [5.41, 5.74) is 1.02. The van der Waals surface area contributed by atoms with Crippen molar-refractivity contribution >= 4 is 11.3 Å². The SMILES string of the molecule is CNCC(Cc1nccs1)c1cccc(F)c1. The number of benzene rings is 1. The van der Waals surface area contributed by atoms with Crippen LogP contribution in [0.5, 0.6) is 0 Å². The third-order valence-electron chi connectivity index (χ3n) is 2.68. The third-order valence-corrected chi connectivity index (χ3v) is 3.48. The molecule has 0 saturated heterocycles. The molecule has 90 valence electrons. The first kappa shape index (κ1) is 12.2. The van der Waals surface area contributed by atoms with E-state index in [2.05, 4.69) is 10.3 Å². The van der Waals surface area contributed by atoms with Gasteiger partial charge in [0.25, 0.3) is 0 Å². The molecule has 2 rings (SSSR count). The zero-order chi connectivity index (χ0) is 12.1. The van der Waals surface area contributed by atoms with Crippen molar-refractivity contribution in [3.8, 4) is 0 Å². The van der Waals surface area contributed by atoms with Gasteiger partial charge in [0.2, 0.25) is 0 Å². The first-order valence-corrected chi connectivity index (χ1v) is 6.46. The van der Waals surface area contributed by atoms with Gasteiger partial charge in [0, 0.05) is 30.5 Å². The monoisotopic (exact) mass is 250 g/mol. The number of nitrogens with zero attached hydrogens (tertiary/aromatic N) is 1. The quantitative estimate of drug-likeness (QED) is 0.882. The normalized spacial score (nSPS) is 12.6. The lowest BCUT2D eigenvalue weighted by atomic mass is 9.96. The summed E-state index contributed by atoms with van der Waals surface area (Å²) in [5, 5.41) is 6.21. The molecule has 1 unspecified atom stereocenters. The van der Waals surface area contributed by atoms with E-state index < -0.39 is 0 Å². The number of halogens is 1. The van der Waals surface area contributed by atoms with Crippen molar-refractivity contribution in [3.63, 3.8) is 0 Å². The summed E-state index contributed by atoms with van der Waals surface area (Å²) in [7, 11) is 1.91. The molecule has 0 aliphatic carbocycles. The number of hydrogen-bond acceptors (Lipinski definition) is 3. The van der Waals surface area contributed by atoms with Crippen molar-refractivity contribution < 1.29 is 4.39 Å². The zero-order valence-corrected chi connectivity index (χ0v) is 10.5. The van der Waals surface area contributed by atoms with Gasteiger partial charge in [-0.05, 0) is 24.7 Å². The number of aromatic nitrogens is 1. The minimum atomic E-state index is -0.178. The highest BCUT2D eigenvalue weighted by Gasteiger charge is 2.13. The predicted octanol–water partition coefficient (Wildman–Crippen LogP) is 2.83. The molecule has 17 heavy (non-hydrogen) atoms. The van der Waals surface area contributed by atoms with Gasteiger partial charge in [-0.25, -0.2) is 9.37 Å². The average Bonchev–Trinajstić information content (AvgIpc) is 2.81. The van der Waals surface area contributed by atoms with E-state index in [4.69, 9.17) is 0 Å². The summed E-state index contributed by atoms with van der Waals surface area (Å²) in [6.45, 7) is 0.822. The highest BCUT2D eigenvalue weighted by atomic mass is 32.1. The lowest BCUT2D eigenvalue weighted by Crippen LogP contribution is -2.19. The van der Waals surface area contributed by atoms with Crippen LogP contribution in [0.15, 0.2) is 35.8 Å². The van der Waals surface area contributed by atoms with Gasteiger partial charge in [0.1, 0.15) is 5.82 Å². The standard InChI is InChI=1S/C13H15FN2S/c1-15-9-11(8-13-16-5-6-17-13)10-3-2-4-12(14)7-10/h2-7,11,15H,8-9H2,1H3. The van der Waals surface area contributed by atoms with E-state index in [-0.39, 0.29) is 11.7 Å². The van der Waals surface area contributed by atoms with Crippen molar-refractivity contribution in [2.24, 2.45) is 0 Å². The molecule has 0 spiro atoms. The van der Waals surface area contributed by atoms with Crippen LogP contribution in [-0.2, 0) is 6.42 Å². The maximum Gasteiger partial charge on any atom is 0.123 e. The van der Waals surface area contributed by atoms with Gasteiger partial charge in [-0.1, -0.05) is 12.1 Å². The van der Waals surface area contributed by atoms with Crippen LogP contribution in [0.2, 0.25) is 0 Å². The maximum absolute atomic E-state index is 13.2. The molecule has 0 bridgehead atoms. The van der Waals surface area contributed by atoms with E-state index in [9.17, 15) is 4.39 Å². The predicted molar refractivity (Wildman–Crippen MR) is 68.9 cm³/mol. The molecule has 1 N–H and O–H groups in total. The number of thiazole rings is 1. The van der Waals surface area contributed by atoms with Crippen LogP contribution < -0.4 is 5.32 Å². The number of rotatable bonds is 5. The molecule has 0 fully saturated rings. The van der Waals surface area contributed by atoms with Crippen LogP contribution in [0.25, 0.3) is 0 Å². The summed E-state index contributed by atoms with van der Waals surface area (Å²) in [5.74, 6) is 0.0876. The number of likely N-dealkylation sites (N-methyl/N-ethyl adjacent to an activating group) is 1. The van der Waals surface area contributed by atoms with Crippen LogP contribution in [0.1, 0.15) is 16.5 Å². The Morgan fingerprint density at radius 1 is 1.47 bits per heavy atom. The summed E-state index contributed by atoms with van der Waals surface area (Å²) in [6.07, 6.45) is 2.66. The molecule has 0 radical (unpaired) electrons. The Labute approximate surface area is 105 Å². The smallest absolute Gasteiger partial charge is 0.123 e. The Morgan fingerprint density at radius 3 is 3.00 bits per heavy atom. The molecule has 1 heterocycles. The van der Waals surface area contributed by atoms with Crippen LogP contribution in [0, 0.1) is 5.82 Å². The van der Waals surface area contributed by atoms with E-state index >= 15 is 0 Å². The Bertz CT molecular complexity index is 456. The molecular weight excluding hydrogens is 235 g/mol. The van der Waals surface area contributed by atoms with E-state index in [1.54, 1.807) is 23.5 Å². The Hall–Kier alpha value is -1.26. The first-order chi connectivity index (χ1) is 8.29. The van der Waals surface area contributed by atoms with Crippen molar-refractivity contribution in [2.45, 2.75) is 12.3 Å². The van der Waals surface area contributed by atoms with E-state index in [0.29, 0.717) is 0 Å². The van der Waals surface area contributed by atoms with Gasteiger partial charge in [0.05, 0.1) is 5.01 Å². The highest BCUT2D eigenvalue weighted by molar-refractivity contribution is 7.09. The molecule has 0 amide bonds. The lowest BCUT2D eigenvalue weighted by Gasteiger charge is -2.15. The topological polar surface area (TPSA) is 24.9 Å².